The fourth-order valence-electron chi connectivity index (χ4n) is 2.83. The first-order valence-electron chi connectivity index (χ1n) is 8.51. The lowest BCUT2D eigenvalue weighted by atomic mass is 10.0. The number of nitro groups is 1. The number of hydrogen-bond donors (Lipinski definition) is 0. The molecule has 0 N–H and O–H groups in total. The van der Waals surface area contributed by atoms with Crippen LogP contribution in [0.3, 0.4) is 0 Å². The molecule has 0 aliphatic heterocycles. The summed E-state index contributed by atoms with van der Waals surface area (Å²) in [5.41, 5.74) is 2.93. The van der Waals surface area contributed by atoms with Gasteiger partial charge >= 0.3 is 0 Å². The van der Waals surface area contributed by atoms with Crippen LogP contribution in [0.15, 0.2) is 42.5 Å². The van der Waals surface area contributed by atoms with Crippen molar-refractivity contribution in [3.63, 3.8) is 0 Å². The maximum atomic E-state index is 11.3. The van der Waals surface area contributed by atoms with Gasteiger partial charge in [0.25, 0.3) is 5.69 Å². The van der Waals surface area contributed by atoms with E-state index in [2.05, 4.69) is 4.98 Å². The number of fused-ring (bicyclic) bond motifs is 1. The predicted molar refractivity (Wildman–Crippen MR) is 104 cm³/mol. The molecular weight excluding hydrogens is 364 g/mol. The van der Waals surface area contributed by atoms with Crippen LogP contribution in [-0.4, -0.2) is 15.9 Å². The predicted octanol–water partition coefficient (Wildman–Crippen LogP) is 3.84. The van der Waals surface area contributed by atoms with E-state index in [1.807, 2.05) is 31.2 Å². The van der Waals surface area contributed by atoms with Crippen molar-refractivity contribution in [1.29, 1.82) is 0 Å². The number of rotatable bonds is 7. The van der Waals surface area contributed by atoms with Crippen LogP contribution >= 0.6 is 11.3 Å². The van der Waals surface area contributed by atoms with E-state index in [0.29, 0.717) is 22.6 Å². The number of aliphatic carboxylic acids is 1. The zero-order chi connectivity index (χ0) is 19.4. The number of carbonyl (C=O) groups is 1. The topological polar surface area (TPSA) is 96.2 Å². The Kier molecular flexibility index (Phi) is 5.61. The zero-order valence-electron chi connectivity index (χ0n) is 14.7. The average Bonchev–Trinajstić information content (AvgIpc) is 3.08. The molecule has 0 unspecified atom stereocenters. The van der Waals surface area contributed by atoms with Crippen LogP contribution in [0.1, 0.15) is 35.9 Å². The van der Waals surface area contributed by atoms with Crippen molar-refractivity contribution in [2.24, 2.45) is 0 Å². The summed E-state index contributed by atoms with van der Waals surface area (Å²) in [6.07, 6.45) is 2.44. The van der Waals surface area contributed by atoms with Gasteiger partial charge in [-0.1, -0.05) is 31.2 Å². The molecule has 0 amide bonds. The van der Waals surface area contributed by atoms with Crippen LogP contribution in [0, 0.1) is 10.1 Å². The molecule has 27 heavy (non-hydrogen) atoms. The first-order chi connectivity index (χ1) is 13.0. The highest BCUT2D eigenvalue weighted by Crippen LogP contribution is 2.32. The number of para-hydroxylation sites is 1. The number of aromatic nitrogens is 1. The lowest BCUT2D eigenvalue weighted by molar-refractivity contribution is -0.385. The molecule has 138 valence electrons. The van der Waals surface area contributed by atoms with Gasteiger partial charge in [0, 0.05) is 17.6 Å². The maximum absolute atomic E-state index is 11.3. The standard InChI is InChI=1S/C20H18N2O4S/c1-2-14-8-7-13(12-17(14)22(25)26)11-15(9-10-19(23)24)20-21-16-5-3-4-6-18(16)27-20/h3-8,11-12H,2,9-10H2,1H3,(H,23,24)/p-1/b15-11+. The molecule has 3 aromatic rings. The maximum Gasteiger partial charge on any atom is 0.273 e. The Morgan fingerprint density at radius 3 is 2.67 bits per heavy atom. The average molecular weight is 381 g/mol. The van der Waals surface area contributed by atoms with Crippen LogP contribution in [-0.2, 0) is 11.2 Å². The van der Waals surface area contributed by atoms with Gasteiger partial charge in [-0.3, -0.25) is 10.1 Å². The molecule has 0 aliphatic rings. The molecule has 0 fully saturated rings. The van der Waals surface area contributed by atoms with Crippen molar-refractivity contribution in [3.8, 4) is 0 Å². The summed E-state index contributed by atoms with van der Waals surface area (Å²) in [6.45, 7) is 1.87. The Morgan fingerprint density at radius 1 is 1.22 bits per heavy atom. The molecule has 1 heterocycles. The molecule has 0 bridgehead atoms. The van der Waals surface area contributed by atoms with Gasteiger partial charge in [0.2, 0.25) is 0 Å². The van der Waals surface area contributed by atoms with E-state index in [9.17, 15) is 20.0 Å². The second-order valence-corrected chi connectivity index (χ2v) is 7.06. The second kappa shape index (κ2) is 8.09. The van der Waals surface area contributed by atoms with Crippen molar-refractivity contribution in [1.82, 2.24) is 4.98 Å². The van der Waals surface area contributed by atoms with Crippen molar-refractivity contribution in [3.05, 3.63) is 68.7 Å². The monoisotopic (exact) mass is 381 g/mol. The first-order valence-corrected chi connectivity index (χ1v) is 9.33. The fourth-order valence-corrected chi connectivity index (χ4v) is 3.84. The number of aryl methyl sites for hydroxylation is 1. The zero-order valence-corrected chi connectivity index (χ0v) is 15.5. The lowest BCUT2D eigenvalue weighted by Gasteiger charge is -2.07. The van der Waals surface area contributed by atoms with E-state index >= 15 is 0 Å². The fraction of sp³-hybridized carbons (Fsp3) is 0.200. The molecule has 2 aromatic carbocycles. The van der Waals surface area contributed by atoms with E-state index in [1.54, 1.807) is 18.2 Å². The van der Waals surface area contributed by atoms with Crippen molar-refractivity contribution in [2.45, 2.75) is 26.2 Å². The molecule has 0 atom stereocenters. The first kappa shape index (κ1) is 18.7. The quantitative estimate of drug-likeness (QED) is 0.458. The number of carbonyl (C=O) groups excluding carboxylic acids is 1. The van der Waals surface area contributed by atoms with Crippen molar-refractivity contribution < 1.29 is 14.8 Å². The molecule has 0 aliphatic carbocycles. The van der Waals surface area contributed by atoms with Crippen LogP contribution in [0.25, 0.3) is 21.9 Å². The Bertz CT molecular complexity index is 1010. The normalized spacial score (nSPS) is 11.7. The molecule has 0 spiro atoms. The van der Waals surface area contributed by atoms with E-state index in [-0.39, 0.29) is 18.5 Å². The number of carboxylic acids is 1. The number of allylic oxidation sites excluding steroid dienone is 1. The summed E-state index contributed by atoms with van der Waals surface area (Å²) in [5.74, 6) is -1.14. The Morgan fingerprint density at radius 2 is 2.00 bits per heavy atom. The number of carboxylic acid groups (broad SMARTS) is 1. The SMILES string of the molecule is CCc1ccc(/C=C(\CCC(=O)[O-])c2nc3ccccc3s2)cc1[N+](=O)[O-]. The Hall–Kier alpha value is -3.06. The largest absolute Gasteiger partial charge is 0.550 e. The summed E-state index contributed by atoms with van der Waals surface area (Å²) in [6, 6.07) is 12.7. The third kappa shape index (κ3) is 4.38. The van der Waals surface area contributed by atoms with E-state index in [0.717, 1.165) is 15.8 Å². The molecule has 0 saturated carbocycles. The van der Waals surface area contributed by atoms with Crippen molar-refractivity contribution >= 4 is 44.9 Å². The van der Waals surface area contributed by atoms with Gasteiger partial charge in [-0.2, -0.15) is 0 Å². The lowest BCUT2D eigenvalue weighted by Crippen LogP contribution is -2.21. The second-order valence-electron chi connectivity index (χ2n) is 6.03. The summed E-state index contributed by atoms with van der Waals surface area (Å²) in [7, 11) is 0. The molecule has 6 nitrogen and oxygen atoms in total. The van der Waals surface area contributed by atoms with Gasteiger partial charge < -0.3 is 9.90 Å². The highest BCUT2D eigenvalue weighted by atomic mass is 32.1. The van der Waals surface area contributed by atoms with Gasteiger partial charge in [-0.15, -0.1) is 11.3 Å². The minimum Gasteiger partial charge on any atom is -0.550 e. The number of nitrogens with zero attached hydrogens (tertiary/aromatic N) is 2. The molecular formula is C20H17N2O4S-. The summed E-state index contributed by atoms with van der Waals surface area (Å²) in [4.78, 5) is 26.4. The van der Waals surface area contributed by atoms with Gasteiger partial charge in [0.15, 0.2) is 0 Å². The van der Waals surface area contributed by atoms with Crippen molar-refractivity contribution in [2.75, 3.05) is 0 Å². The van der Waals surface area contributed by atoms with Gasteiger partial charge in [0.05, 0.1) is 15.1 Å². The Balaban J connectivity index is 2.05. The minimum atomic E-state index is -1.14. The molecule has 7 heteroatoms. The summed E-state index contributed by atoms with van der Waals surface area (Å²) >= 11 is 1.47. The number of benzene rings is 2. The van der Waals surface area contributed by atoms with Gasteiger partial charge in [-0.05, 0) is 48.6 Å². The number of hydrogen-bond acceptors (Lipinski definition) is 6. The Labute approximate surface area is 160 Å². The van der Waals surface area contributed by atoms with E-state index in [4.69, 9.17) is 0 Å². The molecule has 0 radical (unpaired) electrons. The van der Waals surface area contributed by atoms with E-state index < -0.39 is 10.9 Å². The van der Waals surface area contributed by atoms with Crippen LogP contribution in [0.4, 0.5) is 5.69 Å². The number of thiazole rings is 1. The molecule has 3 rings (SSSR count). The van der Waals surface area contributed by atoms with Crippen LogP contribution in [0.5, 0.6) is 0 Å². The molecule has 1 aromatic heterocycles. The smallest absolute Gasteiger partial charge is 0.273 e. The number of nitro benzene ring substituents is 1. The third-order valence-corrected chi connectivity index (χ3v) is 5.31. The van der Waals surface area contributed by atoms with E-state index in [1.165, 1.54) is 17.4 Å². The van der Waals surface area contributed by atoms with Gasteiger partial charge in [0.1, 0.15) is 5.01 Å². The third-order valence-electron chi connectivity index (χ3n) is 4.19. The summed E-state index contributed by atoms with van der Waals surface area (Å²) < 4.78 is 0.999. The molecule has 0 saturated heterocycles. The van der Waals surface area contributed by atoms with Crippen LogP contribution in [0.2, 0.25) is 0 Å². The highest BCUT2D eigenvalue weighted by molar-refractivity contribution is 7.19. The summed E-state index contributed by atoms with van der Waals surface area (Å²) in [5, 5.41) is 23.0. The van der Waals surface area contributed by atoms with Crippen LogP contribution < -0.4 is 5.11 Å². The van der Waals surface area contributed by atoms with Gasteiger partial charge in [-0.25, -0.2) is 4.98 Å². The highest BCUT2D eigenvalue weighted by Gasteiger charge is 2.14. The minimum absolute atomic E-state index is 0.0646.